The SMILES string of the molecule is CNc1ccc(NC(=O)C(=O)NOC2CCOCC2)cc1. The van der Waals surface area contributed by atoms with E-state index in [0.29, 0.717) is 31.7 Å². The molecule has 7 nitrogen and oxygen atoms in total. The van der Waals surface area contributed by atoms with Crippen LogP contribution in [0.2, 0.25) is 0 Å². The molecule has 0 saturated carbocycles. The van der Waals surface area contributed by atoms with Gasteiger partial charge in [-0.25, -0.2) is 5.48 Å². The number of ether oxygens (including phenoxy) is 1. The van der Waals surface area contributed by atoms with Gasteiger partial charge < -0.3 is 15.4 Å². The molecule has 1 fully saturated rings. The lowest BCUT2D eigenvalue weighted by Crippen LogP contribution is -2.39. The summed E-state index contributed by atoms with van der Waals surface area (Å²) < 4.78 is 5.17. The van der Waals surface area contributed by atoms with E-state index in [-0.39, 0.29) is 6.10 Å². The van der Waals surface area contributed by atoms with Gasteiger partial charge in [0.1, 0.15) is 0 Å². The molecule has 7 heteroatoms. The molecule has 2 amide bonds. The summed E-state index contributed by atoms with van der Waals surface area (Å²) in [7, 11) is 1.80. The summed E-state index contributed by atoms with van der Waals surface area (Å²) in [5.74, 6) is -1.58. The summed E-state index contributed by atoms with van der Waals surface area (Å²) in [5, 5.41) is 5.46. The zero-order valence-corrected chi connectivity index (χ0v) is 11.8. The average Bonchev–Trinajstić information content (AvgIpc) is 2.54. The van der Waals surface area contributed by atoms with Gasteiger partial charge >= 0.3 is 11.8 Å². The molecule has 0 bridgehead atoms. The van der Waals surface area contributed by atoms with Gasteiger partial charge in [-0.05, 0) is 37.1 Å². The summed E-state index contributed by atoms with van der Waals surface area (Å²) in [5.41, 5.74) is 3.63. The third kappa shape index (κ3) is 4.73. The molecule has 3 N–H and O–H groups in total. The van der Waals surface area contributed by atoms with Crippen LogP contribution in [-0.2, 0) is 19.2 Å². The second kappa shape index (κ2) is 7.61. The molecule has 0 atom stereocenters. The Morgan fingerprint density at radius 1 is 1.10 bits per heavy atom. The second-order valence-electron chi connectivity index (χ2n) is 4.64. The molecule has 2 rings (SSSR count). The van der Waals surface area contributed by atoms with E-state index >= 15 is 0 Å². The monoisotopic (exact) mass is 293 g/mol. The average molecular weight is 293 g/mol. The fourth-order valence-electron chi connectivity index (χ4n) is 1.89. The zero-order valence-electron chi connectivity index (χ0n) is 11.8. The van der Waals surface area contributed by atoms with Crippen molar-refractivity contribution in [2.45, 2.75) is 18.9 Å². The second-order valence-corrected chi connectivity index (χ2v) is 4.64. The lowest BCUT2D eigenvalue weighted by molar-refractivity contribution is -0.151. The highest BCUT2D eigenvalue weighted by atomic mass is 16.7. The molecule has 114 valence electrons. The summed E-state index contributed by atoms with van der Waals surface area (Å²) >= 11 is 0. The number of benzene rings is 1. The van der Waals surface area contributed by atoms with Gasteiger partial charge in [0.2, 0.25) is 0 Å². The van der Waals surface area contributed by atoms with E-state index in [1.165, 1.54) is 0 Å². The maximum atomic E-state index is 11.7. The van der Waals surface area contributed by atoms with E-state index in [4.69, 9.17) is 9.57 Å². The van der Waals surface area contributed by atoms with Crippen molar-refractivity contribution in [1.29, 1.82) is 0 Å². The molecular weight excluding hydrogens is 274 g/mol. The minimum Gasteiger partial charge on any atom is -0.388 e. The number of hydrogen-bond acceptors (Lipinski definition) is 5. The molecule has 1 aromatic carbocycles. The number of carbonyl (C=O) groups is 2. The Bertz CT molecular complexity index is 483. The molecule has 0 radical (unpaired) electrons. The summed E-state index contributed by atoms with van der Waals surface area (Å²) in [4.78, 5) is 28.5. The Kier molecular flexibility index (Phi) is 5.53. The predicted octanol–water partition coefficient (Wildman–Crippen LogP) is 0.894. The van der Waals surface area contributed by atoms with Crippen LogP contribution in [0.5, 0.6) is 0 Å². The van der Waals surface area contributed by atoms with Crippen molar-refractivity contribution in [3.05, 3.63) is 24.3 Å². The zero-order chi connectivity index (χ0) is 15.1. The normalized spacial score (nSPS) is 15.3. The Hall–Kier alpha value is -2.12. The smallest absolute Gasteiger partial charge is 0.333 e. The lowest BCUT2D eigenvalue weighted by Gasteiger charge is -2.21. The van der Waals surface area contributed by atoms with Crippen molar-refractivity contribution in [3.8, 4) is 0 Å². The Balaban J connectivity index is 1.77. The van der Waals surface area contributed by atoms with Crippen LogP contribution >= 0.6 is 0 Å². The maximum Gasteiger partial charge on any atom is 0.333 e. The standard InChI is InChI=1S/C14H19N3O4/c1-15-10-2-4-11(5-3-10)16-13(18)14(19)17-21-12-6-8-20-9-7-12/h2-5,12,15H,6-9H2,1H3,(H,16,18)(H,17,19). The molecule has 0 unspecified atom stereocenters. The fourth-order valence-corrected chi connectivity index (χ4v) is 1.89. The molecule has 0 spiro atoms. The highest BCUT2D eigenvalue weighted by Crippen LogP contribution is 2.12. The summed E-state index contributed by atoms with van der Waals surface area (Å²) in [6.07, 6.45) is 1.30. The van der Waals surface area contributed by atoms with Gasteiger partial charge in [-0.3, -0.25) is 14.4 Å². The van der Waals surface area contributed by atoms with Crippen LogP contribution in [0.1, 0.15) is 12.8 Å². The number of amides is 2. The predicted molar refractivity (Wildman–Crippen MR) is 77.7 cm³/mol. The Morgan fingerprint density at radius 3 is 2.33 bits per heavy atom. The summed E-state index contributed by atoms with van der Waals surface area (Å²) in [6.45, 7) is 1.20. The molecule has 1 aliphatic heterocycles. The van der Waals surface area contributed by atoms with Crippen LogP contribution in [0.25, 0.3) is 0 Å². The van der Waals surface area contributed by atoms with Crippen LogP contribution in [0.15, 0.2) is 24.3 Å². The van der Waals surface area contributed by atoms with Crippen molar-refractivity contribution in [2.75, 3.05) is 30.9 Å². The molecule has 1 saturated heterocycles. The number of anilines is 2. The highest BCUT2D eigenvalue weighted by molar-refractivity contribution is 6.39. The van der Waals surface area contributed by atoms with Crippen LogP contribution in [0.4, 0.5) is 11.4 Å². The largest absolute Gasteiger partial charge is 0.388 e. The molecule has 0 aliphatic carbocycles. The Labute approximate surface area is 122 Å². The third-order valence-electron chi connectivity index (χ3n) is 3.12. The molecule has 0 aromatic heterocycles. The summed E-state index contributed by atoms with van der Waals surface area (Å²) in [6, 6.07) is 7.00. The van der Waals surface area contributed by atoms with Gasteiger partial charge in [-0.15, -0.1) is 0 Å². The van der Waals surface area contributed by atoms with E-state index in [9.17, 15) is 9.59 Å². The Morgan fingerprint density at radius 2 is 1.71 bits per heavy atom. The molecular formula is C14H19N3O4. The van der Waals surface area contributed by atoms with Crippen molar-refractivity contribution in [3.63, 3.8) is 0 Å². The van der Waals surface area contributed by atoms with Crippen LogP contribution in [0, 0.1) is 0 Å². The number of hydroxylamine groups is 1. The van der Waals surface area contributed by atoms with Crippen molar-refractivity contribution < 1.29 is 19.2 Å². The molecule has 1 aromatic rings. The number of rotatable bonds is 4. The van der Waals surface area contributed by atoms with Gasteiger partial charge in [0, 0.05) is 31.6 Å². The van der Waals surface area contributed by atoms with Crippen molar-refractivity contribution in [1.82, 2.24) is 5.48 Å². The van der Waals surface area contributed by atoms with E-state index in [0.717, 1.165) is 5.69 Å². The van der Waals surface area contributed by atoms with Crippen molar-refractivity contribution >= 4 is 23.2 Å². The number of carbonyl (C=O) groups excluding carboxylic acids is 2. The quantitative estimate of drug-likeness (QED) is 0.567. The first-order chi connectivity index (χ1) is 10.2. The van der Waals surface area contributed by atoms with Gasteiger partial charge in [0.25, 0.3) is 0 Å². The fraction of sp³-hybridized carbons (Fsp3) is 0.429. The topological polar surface area (TPSA) is 88.7 Å². The van der Waals surface area contributed by atoms with Gasteiger partial charge in [0.15, 0.2) is 0 Å². The maximum absolute atomic E-state index is 11.7. The van der Waals surface area contributed by atoms with Crippen LogP contribution in [-0.4, -0.2) is 38.2 Å². The highest BCUT2D eigenvalue weighted by Gasteiger charge is 2.19. The molecule has 1 heterocycles. The first kappa shape index (κ1) is 15.3. The van der Waals surface area contributed by atoms with E-state index in [1.807, 2.05) is 0 Å². The first-order valence-corrected chi connectivity index (χ1v) is 6.81. The van der Waals surface area contributed by atoms with Gasteiger partial charge in [-0.1, -0.05) is 0 Å². The molecule has 21 heavy (non-hydrogen) atoms. The number of nitrogens with one attached hydrogen (secondary N) is 3. The number of hydrogen-bond donors (Lipinski definition) is 3. The van der Waals surface area contributed by atoms with Crippen LogP contribution in [0.3, 0.4) is 0 Å². The van der Waals surface area contributed by atoms with E-state index in [1.54, 1.807) is 31.3 Å². The minimum atomic E-state index is -0.820. The van der Waals surface area contributed by atoms with Gasteiger partial charge in [0.05, 0.1) is 6.10 Å². The van der Waals surface area contributed by atoms with E-state index in [2.05, 4.69) is 16.1 Å². The van der Waals surface area contributed by atoms with E-state index < -0.39 is 11.8 Å². The lowest BCUT2D eigenvalue weighted by atomic mass is 10.2. The first-order valence-electron chi connectivity index (χ1n) is 6.81. The van der Waals surface area contributed by atoms with Crippen molar-refractivity contribution in [2.24, 2.45) is 0 Å². The third-order valence-corrected chi connectivity index (χ3v) is 3.12. The van der Waals surface area contributed by atoms with Crippen LogP contribution < -0.4 is 16.1 Å². The van der Waals surface area contributed by atoms with Gasteiger partial charge in [-0.2, -0.15) is 0 Å². The molecule has 1 aliphatic rings. The minimum absolute atomic E-state index is 0.106.